The lowest BCUT2D eigenvalue weighted by Crippen LogP contribution is -2.13. The van der Waals surface area contributed by atoms with Crippen molar-refractivity contribution in [3.63, 3.8) is 0 Å². The van der Waals surface area contributed by atoms with Crippen LogP contribution in [0.1, 0.15) is 25.8 Å². The van der Waals surface area contributed by atoms with Gasteiger partial charge in [0, 0.05) is 13.2 Å². The standard InChI is InChI=1S/C13H21NO2/c1-3-9-14-10-12-5-7-13(8-6-12)16-11-15-4-2/h5-8,14H,3-4,9-11H2,1-2H3. The van der Waals surface area contributed by atoms with Crippen LogP contribution >= 0.6 is 0 Å². The first-order chi connectivity index (χ1) is 7.86. The van der Waals surface area contributed by atoms with E-state index in [1.54, 1.807) is 0 Å². The van der Waals surface area contributed by atoms with E-state index in [1.807, 2.05) is 19.1 Å². The van der Waals surface area contributed by atoms with E-state index in [9.17, 15) is 0 Å². The van der Waals surface area contributed by atoms with Gasteiger partial charge < -0.3 is 14.8 Å². The third-order valence-corrected chi connectivity index (χ3v) is 2.19. The summed E-state index contributed by atoms with van der Waals surface area (Å²) in [6, 6.07) is 8.10. The number of hydrogen-bond acceptors (Lipinski definition) is 3. The molecule has 0 fully saturated rings. The van der Waals surface area contributed by atoms with Crippen molar-refractivity contribution in [1.82, 2.24) is 5.32 Å². The largest absolute Gasteiger partial charge is 0.468 e. The summed E-state index contributed by atoms with van der Waals surface area (Å²) in [7, 11) is 0. The highest BCUT2D eigenvalue weighted by molar-refractivity contribution is 5.27. The molecule has 0 bridgehead atoms. The molecule has 90 valence electrons. The number of nitrogens with one attached hydrogen (secondary N) is 1. The molecule has 1 aromatic rings. The molecule has 3 heteroatoms. The van der Waals surface area contributed by atoms with Crippen LogP contribution in [0.15, 0.2) is 24.3 Å². The number of hydrogen-bond donors (Lipinski definition) is 1. The zero-order chi connectivity index (χ0) is 11.6. The van der Waals surface area contributed by atoms with Crippen molar-refractivity contribution in [3.05, 3.63) is 29.8 Å². The van der Waals surface area contributed by atoms with Crippen LogP contribution in [-0.2, 0) is 11.3 Å². The second-order valence-corrected chi connectivity index (χ2v) is 3.58. The minimum absolute atomic E-state index is 0.323. The van der Waals surface area contributed by atoms with Gasteiger partial charge in [0.05, 0.1) is 0 Å². The van der Waals surface area contributed by atoms with Gasteiger partial charge in [0.1, 0.15) is 5.75 Å². The molecule has 0 radical (unpaired) electrons. The Morgan fingerprint density at radius 3 is 2.50 bits per heavy atom. The van der Waals surface area contributed by atoms with Gasteiger partial charge in [-0.2, -0.15) is 0 Å². The summed E-state index contributed by atoms with van der Waals surface area (Å²) in [5, 5.41) is 3.36. The molecule has 0 saturated carbocycles. The first kappa shape index (κ1) is 13.0. The third-order valence-electron chi connectivity index (χ3n) is 2.19. The van der Waals surface area contributed by atoms with Crippen LogP contribution in [0.3, 0.4) is 0 Å². The van der Waals surface area contributed by atoms with Crippen LogP contribution in [-0.4, -0.2) is 19.9 Å². The van der Waals surface area contributed by atoms with E-state index >= 15 is 0 Å². The Balaban J connectivity index is 2.30. The fourth-order valence-electron chi connectivity index (χ4n) is 1.31. The minimum Gasteiger partial charge on any atom is -0.468 e. The summed E-state index contributed by atoms with van der Waals surface area (Å²) in [6.45, 7) is 7.09. The van der Waals surface area contributed by atoms with Crippen molar-refractivity contribution in [3.8, 4) is 5.75 Å². The fraction of sp³-hybridized carbons (Fsp3) is 0.538. The zero-order valence-corrected chi connectivity index (χ0v) is 10.2. The molecule has 0 spiro atoms. The maximum absolute atomic E-state index is 5.38. The Kier molecular flexibility index (Phi) is 6.61. The molecule has 1 rings (SSSR count). The summed E-state index contributed by atoms with van der Waals surface area (Å²) in [4.78, 5) is 0. The number of rotatable bonds is 8. The van der Waals surface area contributed by atoms with Crippen molar-refractivity contribution in [2.45, 2.75) is 26.8 Å². The Bertz CT molecular complexity index is 243. The Hall–Kier alpha value is -1.06. The van der Waals surface area contributed by atoms with Gasteiger partial charge in [-0.05, 0) is 37.6 Å². The second-order valence-electron chi connectivity index (χ2n) is 3.58. The van der Waals surface area contributed by atoms with E-state index in [0.717, 1.165) is 25.3 Å². The monoisotopic (exact) mass is 223 g/mol. The second kappa shape index (κ2) is 8.13. The van der Waals surface area contributed by atoms with Gasteiger partial charge in [-0.25, -0.2) is 0 Å². The topological polar surface area (TPSA) is 30.5 Å². The molecule has 0 aliphatic heterocycles. The van der Waals surface area contributed by atoms with Gasteiger partial charge in [-0.15, -0.1) is 0 Å². The van der Waals surface area contributed by atoms with Crippen molar-refractivity contribution in [2.75, 3.05) is 19.9 Å². The molecule has 0 amide bonds. The number of ether oxygens (including phenoxy) is 2. The molecule has 0 saturated heterocycles. The molecular weight excluding hydrogens is 202 g/mol. The fourth-order valence-corrected chi connectivity index (χ4v) is 1.31. The van der Waals surface area contributed by atoms with Gasteiger partial charge in [0.15, 0.2) is 6.79 Å². The predicted octanol–water partition coefficient (Wildman–Crippen LogP) is 2.56. The average Bonchev–Trinajstić information content (AvgIpc) is 2.32. The van der Waals surface area contributed by atoms with Crippen molar-refractivity contribution in [1.29, 1.82) is 0 Å². The third kappa shape index (κ3) is 5.14. The lowest BCUT2D eigenvalue weighted by Gasteiger charge is -2.07. The normalized spacial score (nSPS) is 10.4. The van der Waals surface area contributed by atoms with E-state index in [-0.39, 0.29) is 0 Å². The highest BCUT2D eigenvalue weighted by Crippen LogP contribution is 2.11. The highest BCUT2D eigenvalue weighted by Gasteiger charge is 1.95. The van der Waals surface area contributed by atoms with Crippen LogP contribution in [0.2, 0.25) is 0 Å². The highest BCUT2D eigenvalue weighted by atomic mass is 16.7. The van der Waals surface area contributed by atoms with Gasteiger partial charge in [-0.1, -0.05) is 19.1 Å². The molecule has 0 heterocycles. The van der Waals surface area contributed by atoms with Crippen molar-refractivity contribution >= 4 is 0 Å². The van der Waals surface area contributed by atoms with E-state index in [2.05, 4.69) is 24.4 Å². The lowest BCUT2D eigenvalue weighted by atomic mass is 10.2. The Morgan fingerprint density at radius 2 is 1.88 bits per heavy atom. The van der Waals surface area contributed by atoms with Crippen LogP contribution in [0.4, 0.5) is 0 Å². The van der Waals surface area contributed by atoms with Gasteiger partial charge in [0.2, 0.25) is 0 Å². The number of benzene rings is 1. The van der Waals surface area contributed by atoms with Gasteiger partial charge in [0.25, 0.3) is 0 Å². The van der Waals surface area contributed by atoms with Crippen LogP contribution < -0.4 is 10.1 Å². The summed E-state index contributed by atoms with van der Waals surface area (Å²) >= 11 is 0. The van der Waals surface area contributed by atoms with E-state index in [0.29, 0.717) is 13.4 Å². The SMILES string of the molecule is CCCNCc1ccc(OCOCC)cc1. The molecule has 0 aromatic heterocycles. The molecule has 0 unspecified atom stereocenters. The van der Waals surface area contributed by atoms with E-state index in [4.69, 9.17) is 9.47 Å². The average molecular weight is 223 g/mol. The van der Waals surface area contributed by atoms with E-state index < -0.39 is 0 Å². The molecule has 0 atom stereocenters. The Labute approximate surface area is 97.8 Å². The summed E-state index contributed by atoms with van der Waals surface area (Å²) in [5.74, 6) is 0.854. The Morgan fingerprint density at radius 1 is 1.12 bits per heavy atom. The molecule has 16 heavy (non-hydrogen) atoms. The van der Waals surface area contributed by atoms with Crippen LogP contribution in [0.5, 0.6) is 5.75 Å². The molecule has 3 nitrogen and oxygen atoms in total. The molecular formula is C13H21NO2. The maximum atomic E-state index is 5.38. The van der Waals surface area contributed by atoms with Gasteiger partial charge >= 0.3 is 0 Å². The quantitative estimate of drug-likeness (QED) is 0.542. The van der Waals surface area contributed by atoms with E-state index in [1.165, 1.54) is 5.56 Å². The zero-order valence-electron chi connectivity index (χ0n) is 10.2. The molecule has 1 N–H and O–H groups in total. The van der Waals surface area contributed by atoms with Gasteiger partial charge in [-0.3, -0.25) is 0 Å². The first-order valence-corrected chi connectivity index (χ1v) is 5.87. The predicted molar refractivity (Wildman–Crippen MR) is 65.6 cm³/mol. The maximum Gasteiger partial charge on any atom is 0.189 e. The molecule has 0 aliphatic carbocycles. The van der Waals surface area contributed by atoms with Crippen molar-refractivity contribution < 1.29 is 9.47 Å². The smallest absolute Gasteiger partial charge is 0.189 e. The summed E-state index contributed by atoms with van der Waals surface area (Å²) < 4.78 is 10.5. The van der Waals surface area contributed by atoms with Crippen LogP contribution in [0, 0.1) is 0 Å². The summed E-state index contributed by atoms with van der Waals surface area (Å²) in [6.07, 6.45) is 1.16. The van der Waals surface area contributed by atoms with Crippen LogP contribution in [0.25, 0.3) is 0 Å². The van der Waals surface area contributed by atoms with Crippen molar-refractivity contribution in [2.24, 2.45) is 0 Å². The lowest BCUT2D eigenvalue weighted by molar-refractivity contribution is 0.0224. The molecule has 1 aromatic carbocycles. The minimum atomic E-state index is 0.323. The molecule has 0 aliphatic rings. The first-order valence-electron chi connectivity index (χ1n) is 5.87. The summed E-state index contributed by atoms with van der Waals surface area (Å²) in [5.41, 5.74) is 1.28.